The summed E-state index contributed by atoms with van der Waals surface area (Å²) in [5, 5.41) is 21.7. The highest BCUT2D eigenvalue weighted by Crippen LogP contribution is 2.11. The molecule has 1 aliphatic rings. The van der Waals surface area contributed by atoms with E-state index in [1.165, 1.54) is 17.3 Å². The van der Waals surface area contributed by atoms with Crippen molar-refractivity contribution in [3.63, 3.8) is 0 Å². The first kappa shape index (κ1) is 27.7. The molecule has 1 saturated heterocycles. The van der Waals surface area contributed by atoms with Crippen LogP contribution in [0.3, 0.4) is 0 Å². The minimum atomic E-state index is -4.29. The maximum absolute atomic E-state index is 13.1. The van der Waals surface area contributed by atoms with Crippen LogP contribution in [-0.2, 0) is 30.8 Å². The average molecular weight is 519 g/mol. The van der Waals surface area contributed by atoms with E-state index in [2.05, 4.69) is 20.0 Å². The lowest BCUT2D eigenvalue weighted by Gasteiger charge is -2.29. The van der Waals surface area contributed by atoms with Crippen molar-refractivity contribution in [2.75, 3.05) is 26.3 Å². The van der Waals surface area contributed by atoms with E-state index in [0.29, 0.717) is 39.1 Å². The number of morpholine rings is 1. The van der Waals surface area contributed by atoms with Crippen LogP contribution in [0.5, 0.6) is 0 Å². The van der Waals surface area contributed by atoms with Crippen molar-refractivity contribution in [3.8, 4) is 0 Å². The lowest BCUT2D eigenvalue weighted by molar-refractivity contribution is -0.138. The summed E-state index contributed by atoms with van der Waals surface area (Å²) in [5.74, 6) is -2.37. The highest BCUT2D eigenvalue weighted by molar-refractivity contribution is 7.89. The number of carbonyl (C=O) groups is 2. The van der Waals surface area contributed by atoms with E-state index in [1.54, 1.807) is 0 Å². The van der Waals surface area contributed by atoms with Crippen molar-refractivity contribution < 1.29 is 32.8 Å². The van der Waals surface area contributed by atoms with Crippen LogP contribution in [0.15, 0.2) is 53.9 Å². The zero-order chi connectivity index (χ0) is 26.0. The summed E-state index contributed by atoms with van der Waals surface area (Å²) in [5.41, 5.74) is 1.06. The number of amides is 2. The molecule has 0 saturated carbocycles. The van der Waals surface area contributed by atoms with Crippen molar-refractivity contribution in [2.24, 2.45) is 0 Å². The first-order chi connectivity index (χ1) is 17.3. The Bertz CT molecular complexity index is 1090. The van der Waals surface area contributed by atoms with E-state index >= 15 is 0 Å². The summed E-state index contributed by atoms with van der Waals surface area (Å²) in [6.45, 7) is 1.32. The first-order valence-electron chi connectivity index (χ1n) is 11.6. The zero-order valence-corrected chi connectivity index (χ0v) is 20.5. The summed E-state index contributed by atoms with van der Waals surface area (Å²) in [6.07, 6.45) is 4.45. The predicted molar refractivity (Wildman–Crippen MR) is 130 cm³/mol. The van der Waals surface area contributed by atoms with Gasteiger partial charge in [-0.05, 0) is 24.8 Å². The number of ether oxygens (including phenoxy) is 1. The third-order valence-electron chi connectivity index (χ3n) is 5.68. The smallest absolute Gasteiger partial charge is 0.426 e. The molecule has 0 spiro atoms. The molecular weight excluding hydrogens is 489 g/mol. The minimum absolute atomic E-state index is 0.222. The van der Waals surface area contributed by atoms with Crippen molar-refractivity contribution >= 4 is 29.0 Å². The summed E-state index contributed by atoms with van der Waals surface area (Å²) < 4.78 is 33.1. The molecule has 12 nitrogen and oxygen atoms in total. The van der Waals surface area contributed by atoms with Crippen LogP contribution in [0.1, 0.15) is 24.8 Å². The van der Waals surface area contributed by atoms with Gasteiger partial charge in [0.1, 0.15) is 6.04 Å². The normalized spacial score (nSPS) is 15.7. The summed E-state index contributed by atoms with van der Waals surface area (Å²) in [7, 11) is -6.17. The number of nitrogens with one attached hydrogen (secondary N) is 2. The molecule has 0 aliphatic carbocycles. The van der Waals surface area contributed by atoms with Crippen molar-refractivity contribution in [3.05, 3.63) is 54.5 Å². The second-order valence-corrected chi connectivity index (χ2v) is 9.98. The van der Waals surface area contributed by atoms with Crippen molar-refractivity contribution in [1.82, 2.24) is 24.9 Å². The molecule has 1 fully saturated rings. The molecule has 36 heavy (non-hydrogen) atoms. The molecule has 2 amide bonds. The van der Waals surface area contributed by atoms with Crippen LogP contribution in [-0.4, -0.2) is 90.6 Å². The molecule has 2 unspecified atom stereocenters. The Kier molecular flexibility index (Phi) is 10.3. The van der Waals surface area contributed by atoms with Gasteiger partial charge in [-0.3, -0.25) is 14.6 Å². The van der Waals surface area contributed by atoms with Crippen LogP contribution in [0.25, 0.3) is 0 Å². The number of aromatic nitrogens is 2. The highest BCUT2D eigenvalue weighted by Gasteiger charge is 2.34. The summed E-state index contributed by atoms with van der Waals surface area (Å²) in [6, 6.07) is 8.06. The SMILES string of the molecule is O=C(NC(CCCc1ccccc1)B(O)O)C(CC(=O)N1CCOCC1)NS(=O)(=O)c1cnccn1. The Balaban J connectivity index is 1.70. The van der Waals surface area contributed by atoms with Crippen molar-refractivity contribution in [1.29, 1.82) is 0 Å². The van der Waals surface area contributed by atoms with Crippen LogP contribution in [0, 0.1) is 0 Å². The number of hydrogen-bond donors (Lipinski definition) is 4. The Labute approximate surface area is 210 Å². The van der Waals surface area contributed by atoms with Gasteiger partial charge in [-0.25, -0.2) is 13.4 Å². The second kappa shape index (κ2) is 13.4. The van der Waals surface area contributed by atoms with Crippen LogP contribution in [0.4, 0.5) is 0 Å². The minimum Gasteiger partial charge on any atom is -0.426 e. The van der Waals surface area contributed by atoms with Crippen LogP contribution in [0.2, 0.25) is 0 Å². The molecule has 4 N–H and O–H groups in total. The maximum Gasteiger partial charge on any atom is 0.475 e. The van der Waals surface area contributed by atoms with Gasteiger partial charge in [-0.15, -0.1) is 0 Å². The lowest BCUT2D eigenvalue weighted by Crippen LogP contribution is -2.55. The predicted octanol–water partition coefficient (Wildman–Crippen LogP) is -1.11. The third kappa shape index (κ3) is 8.34. The van der Waals surface area contributed by atoms with E-state index in [-0.39, 0.29) is 6.42 Å². The molecule has 1 aromatic carbocycles. The Morgan fingerprint density at radius 1 is 1.14 bits per heavy atom. The van der Waals surface area contributed by atoms with E-state index in [4.69, 9.17) is 4.74 Å². The third-order valence-corrected chi connectivity index (χ3v) is 7.04. The molecule has 1 aromatic heterocycles. The molecule has 14 heteroatoms. The first-order valence-corrected chi connectivity index (χ1v) is 13.1. The number of rotatable bonds is 12. The monoisotopic (exact) mass is 519 g/mol. The van der Waals surface area contributed by atoms with Gasteiger partial charge < -0.3 is 25.0 Å². The van der Waals surface area contributed by atoms with Gasteiger partial charge in [-0.2, -0.15) is 4.72 Å². The molecule has 194 valence electrons. The number of nitrogens with zero attached hydrogens (tertiary/aromatic N) is 3. The molecule has 0 bridgehead atoms. The van der Waals surface area contributed by atoms with Gasteiger partial charge in [0.2, 0.25) is 11.8 Å². The quantitative estimate of drug-likeness (QED) is 0.254. The molecule has 3 rings (SSSR count). The van der Waals surface area contributed by atoms with Gasteiger partial charge >= 0.3 is 7.12 Å². The van der Waals surface area contributed by atoms with Crippen LogP contribution >= 0.6 is 0 Å². The molecule has 2 aromatic rings. The van der Waals surface area contributed by atoms with Crippen LogP contribution < -0.4 is 10.0 Å². The number of sulfonamides is 1. The standard InChI is InChI=1S/C22H30BN5O7S/c29-21(28-11-13-35-14-12-28)15-18(27-36(33,34)20-16-24-9-10-25-20)22(30)26-19(23(31)32)8-4-7-17-5-2-1-3-6-17/h1-3,5-6,9-10,16,18-19,27,31-32H,4,7-8,11-15H2,(H,26,30). The fraction of sp³-hybridized carbons (Fsp3) is 0.455. The van der Waals surface area contributed by atoms with Crippen molar-refractivity contribution in [2.45, 2.75) is 42.7 Å². The number of benzene rings is 1. The van der Waals surface area contributed by atoms with Gasteiger partial charge in [0, 0.05) is 25.5 Å². The highest BCUT2D eigenvalue weighted by atomic mass is 32.2. The van der Waals surface area contributed by atoms with E-state index in [9.17, 15) is 28.1 Å². The Morgan fingerprint density at radius 2 is 1.86 bits per heavy atom. The zero-order valence-electron chi connectivity index (χ0n) is 19.7. The molecular formula is C22H30BN5O7S. The summed E-state index contributed by atoms with van der Waals surface area (Å²) >= 11 is 0. The molecule has 1 aliphatic heterocycles. The fourth-order valence-electron chi connectivity index (χ4n) is 3.73. The summed E-state index contributed by atoms with van der Waals surface area (Å²) in [4.78, 5) is 34.9. The largest absolute Gasteiger partial charge is 0.475 e. The molecule has 2 heterocycles. The van der Waals surface area contributed by atoms with Gasteiger partial charge in [0.15, 0.2) is 5.03 Å². The number of aryl methyl sites for hydroxylation is 1. The second-order valence-electron chi connectivity index (χ2n) is 8.32. The van der Waals surface area contributed by atoms with E-state index in [0.717, 1.165) is 11.8 Å². The van der Waals surface area contributed by atoms with Gasteiger partial charge in [0.05, 0.1) is 31.8 Å². The van der Waals surface area contributed by atoms with E-state index in [1.807, 2.05) is 30.3 Å². The number of carbonyl (C=O) groups excluding carboxylic acids is 2. The topological polar surface area (TPSA) is 171 Å². The molecule has 2 atom stereocenters. The molecule has 0 radical (unpaired) electrons. The van der Waals surface area contributed by atoms with Gasteiger partial charge in [-0.1, -0.05) is 30.3 Å². The fourth-order valence-corrected chi connectivity index (χ4v) is 4.81. The maximum atomic E-state index is 13.1. The number of hydrogen-bond acceptors (Lipinski definition) is 9. The Morgan fingerprint density at radius 3 is 2.50 bits per heavy atom. The van der Waals surface area contributed by atoms with Gasteiger partial charge in [0.25, 0.3) is 10.0 Å². The Hall–Kier alpha value is -2.91. The van der Waals surface area contributed by atoms with E-state index < -0.39 is 52.4 Å². The average Bonchev–Trinajstić information content (AvgIpc) is 2.89. The lowest BCUT2D eigenvalue weighted by atomic mass is 9.76.